The highest BCUT2D eigenvalue weighted by Crippen LogP contribution is 2.30. The number of para-hydroxylation sites is 2. The summed E-state index contributed by atoms with van der Waals surface area (Å²) in [5.74, 6) is 1.70. The van der Waals surface area contributed by atoms with Gasteiger partial charge < -0.3 is 14.6 Å². The number of aromatic nitrogens is 2. The van der Waals surface area contributed by atoms with Gasteiger partial charge in [-0.3, -0.25) is 0 Å². The van der Waals surface area contributed by atoms with Crippen LogP contribution in [0, 0.1) is 5.92 Å². The monoisotopic (exact) mass is 257 g/mol. The Hall–Kier alpha value is -1.55. The quantitative estimate of drug-likeness (QED) is 0.853. The van der Waals surface area contributed by atoms with Crippen LogP contribution >= 0.6 is 0 Å². The lowest BCUT2D eigenvalue weighted by Gasteiger charge is -2.40. The number of fused-ring (bicyclic) bond motifs is 2. The molecule has 4 heteroatoms. The minimum absolute atomic E-state index is 0.481. The van der Waals surface area contributed by atoms with Gasteiger partial charge in [0.05, 0.1) is 17.1 Å². The Morgan fingerprint density at radius 3 is 3.16 bits per heavy atom. The van der Waals surface area contributed by atoms with E-state index < -0.39 is 0 Å². The van der Waals surface area contributed by atoms with Gasteiger partial charge in [-0.25, -0.2) is 4.98 Å². The summed E-state index contributed by atoms with van der Waals surface area (Å²) >= 11 is 0. The maximum atomic E-state index is 5.87. The highest BCUT2D eigenvalue weighted by molar-refractivity contribution is 5.77. The first-order valence-corrected chi connectivity index (χ1v) is 7.21. The van der Waals surface area contributed by atoms with Crippen LogP contribution in [0.5, 0.6) is 0 Å². The van der Waals surface area contributed by atoms with E-state index in [0.717, 1.165) is 43.1 Å². The molecule has 0 radical (unpaired) electrons. The molecule has 3 heterocycles. The summed E-state index contributed by atoms with van der Waals surface area (Å²) in [7, 11) is 0. The van der Waals surface area contributed by atoms with E-state index in [1.165, 1.54) is 12.8 Å². The fraction of sp³-hybridized carbons (Fsp3) is 0.533. The van der Waals surface area contributed by atoms with Crippen LogP contribution in [0.2, 0.25) is 0 Å². The maximum Gasteiger partial charge on any atom is 0.203 e. The van der Waals surface area contributed by atoms with Crippen molar-refractivity contribution in [3.8, 4) is 0 Å². The van der Waals surface area contributed by atoms with E-state index in [9.17, 15) is 0 Å². The summed E-state index contributed by atoms with van der Waals surface area (Å²) in [4.78, 5) is 10.5. The second-order valence-electron chi connectivity index (χ2n) is 5.62. The van der Waals surface area contributed by atoms with Gasteiger partial charge in [0.15, 0.2) is 0 Å². The molecule has 2 aliphatic rings. The van der Waals surface area contributed by atoms with Crippen LogP contribution in [0.4, 0.5) is 5.95 Å². The molecule has 2 aliphatic heterocycles. The van der Waals surface area contributed by atoms with Crippen LogP contribution < -0.4 is 4.90 Å². The SMILES string of the molecule is c1ccc2[nH]c(N3CCC4OCCCC4C3)nc2c1. The molecule has 19 heavy (non-hydrogen) atoms. The third-order valence-corrected chi connectivity index (χ3v) is 4.39. The van der Waals surface area contributed by atoms with Crippen LogP contribution in [0.1, 0.15) is 19.3 Å². The number of hydrogen-bond acceptors (Lipinski definition) is 3. The Morgan fingerprint density at radius 2 is 2.21 bits per heavy atom. The van der Waals surface area contributed by atoms with Crippen molar-refractivity contribution >= 4 is 17.0 Å². The average Bonchev–Trinajstić information content (AvgIpc) is 2.90. The number of nitrogens with zero attached hydrogens (tertiary/aromatic N) is 2. The van der Waals surface area contributed by atoms with E-state index in [4.69, 9.17) is 9.72 Å². The number of benzene rings is 1. The second-order valence-corrected chi connectivity index (χ2v) is 5.62. The van der Waals surface area contributed by atoms with Crippen molar-refractivity contribution in [1.82, 2.24) is 9.97 Å². The minimum Gasteiger partial charge on any atom is -0.378 e. The molecule has 2 aromatic rings. The standard InChI is InChI=1S/C15H19N3O/c1-2-6-13-12(5-1)16-15(17-13)18-8-7-14-11(10-18)4-3-9-19-14/h1-2,5-6,11,14H,3-4,7-10H2,(H,16,17). The Kier molecular flexibility index (Phi) is 2.69. The summed E-state index contributed by atoms with van der Waals surface area (Å²) in [5, 5.41) is 0. The molecule has 2 atom stereocenters. The van der Waals surface area contributed by atoms with Crippen molar-refractivity contribution in [2.24, 2.45) is 5.92 Å². The third kappa shape index (κ3) is 2.00. The number of anilines is 1. The number of hydrogen-bond donors (Lipinski definition) is 1. The molecule has 2 fully saturated rings. The molecule has 0 spiro atoms. The fourth-order valence-corrected chi connectivity index (χ4v) is 3.37. The zero-order chi connectivity index (χ0) is 12.7. The van der Waals surface area contributed by atoms with Gasteiger partial charge in [0.2, 0.25) is 5.95 Å². The molecular formula is C15H19N3O. The van der Waals surface area contributed by atoms with E-state index >= 15 is 0 Å². The molecule has 2 saturated heterocycles. The molecule has 4 nitrogen and oxygen atoms in total. The lowest BCUT2D eigenvalue weighted by atomic mass is 9.89. The van der Waals surface area contributed by atoms with Crippen LogP contribution in [-0.4, -0.2) is 35.8 Å². The summed E-state index contributed by atoms with van der Waals surface area (Å²) in [5.41, 5.74) is 2.18. The lowest BCUT2D eigenvalue weighted by molar-refractivity contribution is -0.0358. The van der Waals surface area contributed by atoms with Gasteiger partial charge in [-0.15, -0.1) is 0 Å². The number of rotatable bonds is 1. The van der Waals surface area contributed by atoms with Gasteiger partial charge in [-0.05, 0) is 31.4 Å². The topological polar surface area (TPSA) is 41.2 Å². The van der Waals surface area contributed by atoms with Crippen molar-refractivity contribution in [1.29, 1.82) is 0 Å². The van der Waals surface area contributed by atoms with Gasteiger partial charge in [0.25, 0.3) is 0 Å². The summed E-state index contributed by atoms with van der Waals surface area (Å²) < 4.78 is 5.87. The molecule has 2 unspecified atom stereocenters. The minimum atomic E-state index is 0.481. The summed E-state index contributed by atoms with van der Waals surface area (Å²) in [6.07, 6.45) is 4.10. The van der Waals surface area contributed by atoms with E-state index in [-0.39, 0.29) is 0 Å². The largest absolute Gasteiger partial charge is 0.378 e. The maximum absolute atomic E-state index is 5.87. The zero-order valence-electron chi connectivity index (χ0n) is 11.0. The first-order valence-electron chi connectivity index (χ1n) is 7.21. The number of H-pyrrole nitrogens is 1. The Morgan fingerprint density at radius 1 is 1.26 bits per heavy atom. The van der Waals surface area contributed by atoms with Gasteiger partial charge in [0.1, 0.15) is 0 Å². The van der Waals surface area contributed by atoms with E-state index in [1.54, 1.807) is 0 Å². The van der Waals surface area contributed by atoms with E-state index in [2.05, 4.69) is 22.0 Å². The Bertz CT molecular complexity index is 547. The molecule has 0 bridgehead atoms. The number of aromatic amines is 1. The molecular weight excluding hydrogens is 238 g/mol. The molecule has 0 saturated carbocycles. The average molecular weight is 257 g/mol. The lowest BCUT2D eigenvalue weighted by Crippen LogP contribution is -2.46. The van der Waals surface area contributed by atoms with Crippen LogP contribution in [-0.2, 0) is 4.74 Å². The first kappa shape index (κ1) is 11.3. The second kappa shape index (κ2) is 4.53. The van der Waals surface area contributed by atoms with Crippen molar-refractivity contribution < 1.29 is 4.74 Å². The van der Waals surface area contributed by atoms with Crippen molar-refractivity contribution in [2.45, 2.75) is 25.4 Å². The normalized spacial score (nSPS) is 27.5. The van der Waals surface area contributed by atoms with E-state index in [0.29, 0.717) is 12.0 Å². The number of piperidine rings is 1. The Labute approximate surface area is 112 Å². The number of ether oxygens (including phenoxy) is 1. The zero-order valence-corrected chi connectivity index (χ0v) is 11.0. The van der Waals surface area contributed by atoms with Gasteiger partial charge >= 0.3 is 0 Å². The van der Waals surface area contributed by atoms with Gasteiger partial charge in [-0.1, -0.05) is 12.1 Å². The number of imidazole rings is 1. The summed E-state index contributed by atoms with van der Waals surface area (Å²) in [6, 6.07) is 8.23. The highest BCUT2D eigenvalue weighted by atomic mass is 16.5. The van der Waals surface area contributed by atoms with E-state index in [1.807, 2.05) is 12.1 Å². The molecule has 4 rings (SSSR count). The Balaban J connectivity index is 1.58. The molecule has 100 valence electrons. The third-order valence-electron chi connectivity index (χ3n) is 4.39. The van der Waals surface area contributed by atoms with Crippen LogP contribution in [0.15, 0.2) is 24.3 Å². The number of nitrogens with one attached hydrogen (secondary N) is 1. The molecule has 1 aromatic heterocycles. The van der Waals surface area contributed by atoms with Crippen molar-refractivity contribution in [3.05, 3.63) is 24.3 Å². The fourth-order valence-electron chi connectivity index (χ4n) is 3.37. The predicted molar refractivity (Wildman–Crippen MR) is 75.4 cm³/mol. The summed E-state index contributed by atoms with van der Waals surface area (Å²) in [6.45, 7) is 3.07. The predicted octanol–water partition coefficient (Wildman–Crippen LogP) is 2.57. The molecule has 0 amide bonds. The van der Waals surface area contributed by atoms with Crippen LogP contribution in [0.25, 0.3) is 11.0 Å². The van der Waals surface area contributed by atoms with Crippen molar-refractivity contribution in [3.63, 3.8) is 0 Å². The highest BCUT2D eigenvalue weighted by Gasteiger charge is 2.32. The molecule has 1 aromatic carbocycles. The van der Waals surface area contributed by atoms with Crippen LogP contribution in [0.3, 0.4) is 0 Å². The molecule has 0 aliphatic carbocycles. The smallest absolute Gasteiger partial charge is 0.203 e. The molecule has 1 N–H and O–H groups in total. The first-order chi connectivity index (χ1) is 9.40. The van der Waals surface area contributed by atoms with Crippen molar-refractivity contribution in [2.75, 3.05) is 24.6 Å². The van der Waals surface area contributed by atoms with Gasteiger partial charge in [-0.2, -0.15) is 0 Å². The van der Waals surface area contributed by atoms with Gasteiger partial charge in [0, 0.05) is 25.6 Å².